The second-order valence-electron chi connectivity index (χ2n) is 2.94. The van der Waals surface area contributed by atoms with E-state index >= 15 is 0 Å². The highest BCUT2D eigenvalue weighted by Gasteiger charge is 2.05. The third kappa shape index (κ3) is 4.73. The van der Waals surface area contributed by atoms with Crippen molar-refractivity contribution >= 4 is 0 Å². The molecule has 0 aliphatic rings. The summed E-state index contributed by atoms with van der Waals surface area (Å²) in [5.74, 6) is 0.119. The first-order valence-electron chi connectivity index (χ1n) is 4.42. The van der Waals surface area contributed by atoms with Gasteiger partial charge in [0.1, 0.15) is 0 Å². The highest BCUT2D eigenvalue weighted by molar-refractivity contribution is 5.02. The SMILES string of the molecule is C=C(CC)CC(C#N)CC=CC. The molecule has 0 N–H and O–H groups in total. The van der Waals surface area contributed by atoms with Gasteiger partial charge in [0.15, 0.2) is 0 Å². The summed E-state index contributed by atoms with van der Waals surface area (Å²) in [7, 11) is 0. The van der Waals surface area contributed by atoms with Crippen LogP contribution in [0.3, 0.4) is 0 Å². The lowest BCUT2D eigenvalue weighted by molar-refractivity contribution is 0.657. The van der Waals surface area contributed by atoms with Crippen molar-refractivity contribution in [3.8, 4) is 6.07 Å². The molecule has 0 saturated carbocycles. The van der Waals surface area contributed by atoms with Gasteiger partial charge in [0.05, 0.1) is 12.0 Å². The topological polar surface area (TPSA) is 23.8 Å². The van der Waals surface area contributed by atoms with E-state index in [1.165, 1.54) is 5.57 Å². The molecule has 1 unspecified atom stereocenters. The van der Waals surface area contributed by atoms with E-state index in [1.54, 1.807) is 0 Å². The van der Waals surface area contributed by atoms with Crippen LogP contribution in [0.1, 0.15) is 33.1 Å². The average molecular weight is 163 g/mol. The van der Waals surface area contributed by atoms with Crippen LogP contribution in [0.4, 0.5) is 0 Å². The molecular formula is C11H17N. The lowest BCUT2D eigenvalue weighted by atomic mass is 9.97. The van der Waals surface area contributed by atoms with Crippen LogP contribution in [0.5, 0.6) is 0 Å². The molecule has 0 heterocycles. The predicted molar refractivity (Wildman–Crippen MR) is 52.6 cm³/mol. The van der Waals surface area contributed by atoms with Crippen LogP contribution in [0.15, 0.2) is 24.3 Å². The number of nitriles is 1. The van der Waals surface area contributed by atoms with Gasteiger partial charge in [0, 0.05) is 0 Å². The molecule has 0 rings (SSSR count). The number of rotatable bonds is 5. The standard InChI is InChI=1S/C11H17N/c1-4-6-7-11(9-12)8-10(3)5-2/h4,6,11H,3,5,7-8H2,1-2H3. The van der Waals surface area contributed by atoms with Crippen molar-refractivity contribution in [1.29, 1.82) is 5.26 Å². The molecule has 1 nitrogen and oxygen atoms in total. The summed E-state index contributed by atoms with van der Waals surface area (Å²) >= 11 is 0. The summed E-state index contributed by atoms with van der Waals surface area (Å²) in [5, 5.41) is 8.77. The van der Waals surface area contributed by atoms with E-state index < -0.39 is 0 Å². The Labute approximate surface area is 75.4 Å². The van der Waals surface area contributed by atoms with Gasteiger partial charge in [0.25, 0.3) is 0 Å². The fraction of sp³-hybridized carbons (Fsp3) is 0.545. The monoisotopic (exact) mass is 163 g/mol. The summed E-state index contributed by atoms with van der Waals surface area (Å²) in [4.78, 5) is 0. The fourth-order valence-corrected chi connectivity index (χ4v) is 0.975. The minimum absolute atomic E-state index is 0.119. The summed E-state index contributed by atoms with van der Waals surface area (Å²) < 4.78 is 0. The molecule has 66 valence electrons. The summed E-state index contributed by atoms with van der Waals surface area (Å²) in [6.45, 7) is 7.94. The first-order valence-corrected chi connectivity index (χ1v) is 4.42. The zero-order chi connectivity index (χ0) is 9.40. The number of hydrogen-bond acceptors (Lipinski definition) is 1. The van der Waals surface area contributed by atoms with Crippen LogP contribution in [0.25, 0.3) is 0 Å². The average Bonchev–Trinajstić information content (AvgIpc) is 2.11. The second kappa shape index (κ2) is 6.67. The minimum Gasteiger partial charge on any atom is -0.198 e. The van der Waals surface area contributed by atoms with Gasteiger partial charge in [-0.05, 0) is 26.2 Å². The summed E-state index contributed by atoms with van der Waals surface area (Å²) in [6, 6.07) is 2.29. The molecule has 0 aliphatic carbocycles. The van der Waals surface area contributed by atoms with Crippen LogP contribution < -0.4 is 0 Å². The Morgan fingerprint density at radius 3 is 2.75 bits per heavy atom. The van der Waals surface area contributed by atoms with Gasteiger partial charge >= 0.3 is 0 Å². The smallest absolute Gasteiger partial charge is 0.0662 e. The normalized spacial score (nSPS) is 12.8. The van der Waals surface area contributed by atoms with Crippen LogP contribution in [0, 0.1) is 17.2 Å². The zero-order valence-corrected chi connectivity index (χ0v) is 8.01. The lowest BCUT2D eigenvalue weighted by Gasteiger charge is -2.06. The van der Waals surface area contributed by atoms with Gasteiger partial charge in [-0.3, -0.25) is 0 Å². The van der Waals surface area contributed by atoms with Crippen LogP contribution in [-0.4, -0.2) is 0 Å². The predicted octanol–water partition coefficient (Wildman–Crippen LogP) is 3.45. The molecule has 1 heteroatoms. The molecular weight excluding hydrogens is 146 g/mol. The molecule has 0 aromatic heterocycles. The minimum atomic E-state index is 0.119. The van der Waals surface area contributed by atoms with Gasteiger partial charge in [0.2, 0.25) is 0 Å². The third-order valence-corrected chi connectivity index (χ3v) is 1.87. The first-order chi connectivity index (χ1) is 5.74. The Kier molecular flexibility index (Phi) is 6.09. The van der Waals surface area contributed by atoms with E-state index in [2.05, 4.69) is 19.6 Å². The Balaban J connectivity index is 3.85. The summed E-state index contributed by atoms with van der Waals surface area (Å²) in [5.41, 5.74) is 1.17. The molecule has 0 spiro atoms. The first kappa shape index (κ1) is 11.0. The van der Waals surface area contributed by atoms with E-state index in [1.807, 2.05) is 19.1 Å². The van der Waals surface area contributed by atoms with Crippen LogP contribution >= 0.6 is 0 Å². The van der Waals surface area contributed by atoms with Crippen LogP contribution in [0.2, 0.25) is 0 Å². The second-order valence-corrected chi connectivity index (χ2v) is 2.94. The molecule has 12 heavy (non-hydrogen) atoms. The van der Waals surface area contributed by atoms with Gasteiger partial charge in [-0.2, -0.15) is 5.26 Å². The van der Waals surface area contributed by atoms with Crippen molar-refractivity contribution in [1.82, 2.24) is 0 Å². The number of hydrogen-bond donors (Lipinski definition) is 0. The maximum atomic E-state index is 8.77. The third-order valence-electron chi connectivity index (χ3n) is 1.87. The van der Waals surface area contributed by atoms with Gasteiger partial charge in [-0.1, -0.05) is 31.2 Å². The van der Waals surface area contributed by atoms with Crippen molar-refractivity contribution < 1.29 is 0 Å². The highest BCUT2D eigenvalue weighted by atomic mass is 14.3. The van der Waals surface area contributed by atoms with Crippen molar-refractivity contribution in [3.63, 3.8) is 0 Å². The molecule has 1 atom stereocenters. The van der Waals surface area contributed by atoms with Crippen molar-refractivity contribution in [2.24, 2.45) is 5.92 Å². The number of nitrogens with zero attached hydrogens (tertiary/aromatic N) is 1. The van der Waals surface area contributed by atoms with Crippen LogP contribution in [-0.2, 0) is 0 Å². The highest BCUT2D eigenvalue weighted by Crippen LogP contribution is 2.15. The Morgan fingerprint density at radius 1 is 1.67 bits per heavy atom. The van der Waals surface area contributed by atoms with Crippen molar-refractivity contribution in [3.05, 3.63) is 24.3 Å². The molecule has 0 aromatic rings. The van der Waals surface area contributed by atoms with Gasteiger partial charge < -0.3 is 0 Å². The van der Waals surface area contributed by atoms with Gasteiger partial charge in [-0.15, -0.1) is 0 Å². The number of allylic oxidation sites excluding steroid dienone is 3. The maximum Gasteiger partial charge on any atom is 0.0662 e. The maximum absolute atomic E-state index is 8.77. The Morgan fingerprint density at radius 2 is 2.33 bits per heavy atom. The molecule has 0 saturated heterocycles. The van der Waals surface area contributed by atoms with E-state index in [0.717, 1.165) is 19.3 Å². The molecule has 0 radical (unpaired) electrons. The molecule has 0 fully saturated rings. The van der Waals surface area contributed by atoms with E-state index in [4.69, 9.17) is 5.26 Å². The largest absolute Gasteiger partial charge is 0.198 e. The van der Waals surface area contributed by atoms with E-state index in [9.17, 15) is 0 Å². The lowest BCUT2D eigenvalue weighted by Crippen LogP contribution is -1.96. The molecule has 0 bridgehead atoms. The quantitative estimate of drug-likeness (QED) is 0.569. The zero-order valence-electron chi connectivity index (χ0n) is 8.01. The fourth-order valence-electron chi connectivity index (χ4n) is 0.975. The summed E-state index contributed by atoms with van der Waals surface area (Å²) in [6.07, 6.45) is 6.70. The van der Waals surface area contributed by atoms with E-state index in [-0.39, 0.29) is 5.92 Å². The molecule has 0 aromatic carbocycles. The van der Waals surface area contributed by atoms with E-state index in [0.29, 0.717) is 0 Å². The molecule has 0 amide bonds. The van der Waals surface area contributed by atoms with Crippen molar-refractivity contribution in [2.75, 3.05) is 0 Å². The van der Waals surface area contributed by atoms with Crippen molar-refractivity contribution in [2.45, 2.75) is 33.1 Å². The Bertz CT molecular complexity index is 196. The molecule has 0 aliphatic heterocycles. The van der Waals surface area contributed by atoms with Gasteiger partial charge in [-0.25, -0.2) is 0 Å². The Hall–Kier alpha value is -1.03.